The Hall–Kier alpha value is -1.29. The van der Waals surface area contributed by atoms with Crippen molar-refractivity contribution in [3.05, 3.63) is 46.8 Å². The van der Waals surface area contributed by atoms with Gasteiger partial charge < -0.3 is 0 Å². The Morgan fingerprint density at radius 2 is 1.44 bits per heavy atom. The molecule has 0 aliphatic heterocycles. The molecule has 0 aliphatic rings. The van der Waals surface area contributed by atoms with Crippen molar-refractivity contribution < 1.29 is 13.2 Å². The Bertz CT molecular complexity index is 644. The summed E-state index contributed by atoms with van der Waals surface area (Å²) in [5, 5.41) is 1.95. The van der Waals surface area contributed by atoms with E-state index in [2.05, 4.69) is 6.92 Å². The maximum atomic E-state index is 13.3. The summed E-state index contributed by atoms with van der Waals surface area (Å²) in [6.45, 7) is 2.22. The second kappa shape index (κ2) is 11.5. The molecule has 27 heavy (non-hydrogen) atoms. The van der Waals surface area contributed by atoms with Crippen LogP contribution in [0.1, 0.15) is 82.3 Å². The largest absolute Gasteiger partial charge is 0.416 e. The molecule has 0 fully saturated rings. The van der Waals surface area contributed by atoms with Crippen LogP contribution < -0.4 is 0 Å². The summed E-state index contributed by atoms with van der Waals surface area (Å²) >= 11 is 1.56. The molecule has 0 saturated heterocycles. The number of rotatable bonds is 12. The van der Waals surface area contributed by atoms with E-state index in [1.807, 2.05) is 17.5 Å². The predicted molar refractivity (Wildman–Crippen MR) is 110 cm³/mol. The first-order valence-electron chi connectivity index (χ1n) is 10.3. The molecule has 1 heterocycles. The van der Waals surface area contributed by atoms with E-state index in [1.165, 1.54) is 51.0 Å². The smallest absolute Gasteiger partial charge is 0.166 e. The third-order valence-electron chi connectivity index (χ3n) is 5.02. The van der Waals surface area contributed by atoms with E-state index in [4.69, 9.17) is 0 Å². The summed E-state index contributed by atoms with van der Waals surface area (Å²) in [4.78, 5) is 1.02. The summed E-state index contributed by atoms with van der Waals surface area (Å²) in [7, 11) is 0. The molecule has 0 atom stereocenters. The van der Waals surface area contributed by atoms with Crippen LogP contribution >= 0.6 is 11.3 Å². The Morgan fingerprint density at radius 1 is 0.815 bits per heavy atom. The predicted octanol–water partition coefficient (Wildman–Crippen LogP) is 8.90. The molecular formula is C23H31F3S. The number of benzene rings is 1. The Morgan fingerprint density at radius 3 is 2.00 bits per heavy atom. The lowest BCUT2D eigenvalue weighted by molar-refractivity contribution is -0.138. The van der Waals surface area contributed by atoms with E-state index in [9.17, 15) is 13.2 Å². The lowest BCUT2D eigenvalue weighted by Gasteiger charge is -2.14. The first kappa shape index (κ1) is 22.0. The van der Waals surface area contributed by atoms with E-state index >= 15 is 0 Å². The number of aryl methyl sites for hydroxylation is 1. The van der Waals surface area contributed by atoms with Crippen molar-refractivity contribution in [1.82, 2.24) is 0 Å². The van der Waals surface area contributed by atoms with Gasteiger partial charge in [-0.05, 0) is 47.5 Å². The highest BCUT2D eigenvalue weighted by Gasteiger charge is 2.33. The summed E-state index contributed by atoms with van der Waals surface area (Å²) < 4.78 is 40.0. The Kier molecular flexibility index (Phi) is 9.40. The molecule has 0 aliphatic carbocycles. The van der Waals surface area contributed by atoms with Gasteiger partial charge in [0.2, 0.25) is 0 Å². The van der Waals surface area contributed by atoms with Crippen LogP contribution in [-0.4, -0.2) is 0 Å². The van der Waals surface area contributed by atoms with Gasteiger partial charge in [0.1, 0.15) is 0 Å². The quantitative estimate of drug-likeness (QED) is 0.314. The number of thiophene rings is 1. The van der Waals surface area contributed by atoms with E-state index in [-0.39, 0.29) is 0 Å². The molecule has 0 radical (unpaired) electrons. The standard InChI is InChI=1S/C23H31F3S/c1-2-3-4-5-6-7-8-9-10-11-13-19-18-20(22-14-12-17-27-22)15-16-21(19)23(24,25)26/h12,14-18H,2-11,13H2,1H3. The fourth-order valence-electron chi connectivity index (χ4n) is 3.48. The van der Waals surface area contributed by atoms with Gasteiger partial charge in [0.15, 0.2) is 0 Å². The minimum absolute atomic E-state index is 0.438. The van der Waals surface area contributed by atoms with E-state index in [0.717, 1.165) is 29.7 Å². The molecule has 0 unspecified atom stereocenters. The number of hydrogen-bond donors (Lipinski definition) is 0. The zero-order valence-corrected chi connectivity index (χ0v) is 17.1. The van der Waals surface area contributed by atoms with Gasteiger partial charge in [0.25, 0.3) is 0 Å². The highest BCUT2D eigenvalue weighted by atomic mass is 32.1. The number of hydrogen-bond acceptors (Lipinski definition) is 1. The van der Waals surface area contributed by atoms with Crippen LogP contribution in [0, 0.1) is 0 Å². The minimum Gasteiger partial charge on any atom is -0.166 e. The summed E-state index contributed by atoms with van der Waals surface area (Å²) in [6, 6.07) is 8.47. The molecule has 1 aromatic carbocycles. The maximum Gasteiger partial charge on any atom is 0.416 e. The molecular weight excluding hydrogens is 365 g/mol. The SMILES string of the molecule is CCCCCCCCCCCCc1cc(-c2cccs2)ccc1C(F)(F)F. The fraction of sp³-hybridized carbons (Fsp3) is 0.565. The first-order valence-corrected chi connectivity index (χ1v) is 11.1. The average Bonchev–Trinajstić information content (AvgIpc) is 3.17. The van der Waals surface area contributed by atoms with Crippen molar-refractivity contribution in [2.24, 2.45) is 0 Å². The molecule has 2 aromatic rings. The van der Waals surface area contributed by atoms with Crippen molar-refractivity contribution in [2.45, 2.75) is 83.7 Å². The van der Waals surface area contributed by atoms with Crippen molar-refractivity contribution in [3.63, 3.8) is 0 Å². The number of unbranched alkanes of at least 4 members (excludes halogenated alkanes) is 9. The van der Waals surface area contributed by atoms with E-state index < -0.39 is 11.7 Å². The van der Waals surface area contributed by atoms with Crippen LogP contribution in [-0.2, 0) is 12.6 Å². The van der Waals surface area contributed by atoms with Crippen LogP contribution in [0.5, 0.6) is 0 Å². The van der Waals surface area contributed by atoms with E-state index in [1.54, 1.807) is 23.5 Å². The second-order valence-corrected chi connectivity index (χ2v) is 8.23. The Balaban J connectivity index is 1.81. The van der Waals surface area contributed by atoms with Crippen molar-refractivity contribution in [2.75, 3.05) is 0 Å². The van der Waals surface area contributed by atoms with Gasteiger partial charge in [-0.25, -0.2) is 0 Å². The molecule has 0 amide bonds. The van der Waals surface area contributed by atoms with Crippen molar-refractivity contribution in [1.29, 1.82) is 0 Å². The van der Waals surface area contributed by atoms with Gasteiger partial charge in [0, 0.05) is 4.88 Å². The minimum atomic E-state index is -4.28. The van der Waals surface area contributed by atoms with Crippen LogP contribution in [0.3, 0.4) is 0 Å². The van der Waals surface area contributed by atoms with Crippen molar-refractivity contribution in [3.8, 4) is 10.4 Å². The summed E-state index contributed by atoms with van der Waals surface area (Å²) in [6.07, 6.45) is 8.18. The third-order valence-corrected chi connectivity index (χ3v) is 5.93. The first-order chi connectivity index (χ1) is 13.0. The molecule has 1 aromatic heterocycles. The van der Waals surface area contributed by atoms with Gasteiger partial charge in [0.05, 0.1) is 5.56 Å². The van der Waals surface area contributed by atoms with Crippen LogP contribution in [0.4, 0.5) is 13.2 Å². The molecule has 0 spiro atoms. The lowest BCUT2D eigenvalue weighted by Crippen LogP contribution is -2.09. The lowest BCUT2D eigenvalue weighted by atomic mass is 9.97. The maximum absolute atomic E-state index is 13.3. The molecule has 0 saturated carbocycles. The second-order valence-electron chi connectivity index (χ2n) is 7.28. The normalized spacial score (nSPS) is 11.9. The Labute approximate surface area is 165 Å². The summed E-state index contributed by atoms with van der Waals surface area (Å²) in [5.74, 6) is 0. The molecule has 150 valence electrons. The molecule has 0 N–H and O–H groups in total. The molecule has 2 rings (SSSR count). The molecule has 0 bridgehead atoms. The third kappa shape index (κ3) is 7.69. The highest BCUT2D eigenvalue weighted by Crippen LogP contribution is 2.36. The number of alkyl halides is 3. The summed E-state index contributed by atoms with van der Waals surface area (Å²) in [5.41, 5.74) is 0.853. The van der Waals surface area contributed by atoms with Gasteiger partial charge in [-0.2, -0.15) is 13.2 Å². The highest BCUT2D eigenvalue weighted by molar-refractivity contribution is 7.13. The van der Waals surface area contributed by atoms with Crippen LogP contribution in [0.2, 0.25) is 0 Å². The molecule has 0 nitrogen and oxygen atoms in total. The van der Waals surface area contributed by atoms with Crippen molar-refractivity contribution >= 4 is 11.3 Å². The fourth-order valence-corrected chi connectivity index (χ4v) is 4.20. The van der Waals surface area contributed by atoms with Gasteiger partial charge in [-0.1, -0.05) is 76.8 Å². The number of halogens is 3. The monoisotopic (exact) mass is 396 g/mol. The zero-order valence-electron chi connectivity index (χ0n) is 16.3. The zero-order chi connectivity index (χ0) is 19.5. The van der Waals surface area contributed by atoms with Crippen LogP contribution in [0.15, 0.2) is 35.7 Å². The van der Waals surface area contributed by atoms with Gasteiger partial charge in [-0.3, -0.25) is 0 Å². The van der Waals surface area contributed by atoms with E-state index in [0.29, 0.717) is 12.0 Å². The average molecular weight is 397 g/mol. The molecule has 4 heteroatoms. The van der Waals surface area contributed by atoms with Gasteiger partial charge >= 0.3 is 6.18 Å². The van der Waals surface area contributed by atoms with Crippen LogP contribution in [0.25, 0.3) is 10.4 Å². The topological polar surface area (TPSA) is 0 Å². The van der Waals surface area contributed by atoms with Gasteiger partial charge in [-0.15, -0.1) is 11.3 Å².